The Labute approximate surface area is 282 Å². The summed E-state index contributed by atoms with van der Waals surface area (Å²) in [6.07, 6.45) is 7.21. The van der Waals surface area contributed by atoms with Crippen molar-refractivity contribution in [2.45, 2.75) is 103 Å². The molecule has 0 radical (unpaired) electrons. The van der Waals surface area contributed by atoms with Gasteiger partial charge in [-0.1, -0.05) is 75.2 Å². The molecule has 0 aromatic heterocycles. The molecule has 0 spiro atoms. The minimum Gasteiger partial charge on any atom is -0.494 e. The summed E-state index contributed by atoms with van der Waals surface area (Å²) in [7, 11) is 0. The van der Waals surface area contributed by atoms with Crippen molar-refractivity contribution in [1.82, 2.24) is 0 Å². The average molecular weight is 675 g/mol. The number of benzene rings is 2. The molecule has 3 atom stereocenters. The van der Waals surface area contributed by atoms with Gasteiger partial charge < -0.3 is 28.4 Å². The first-order valence-electron chi connectivity index (χ1n) is 16.5. The van der Waals surface area contributed by atoms with E-state index in [2.05, 4.69) is 11.7 Å². The molecule has 2 aromatic carbocycles. The van der Waals surface area contributed by atoms with Gasteiger partial charge in [0.1, 0.15) is 24.6 Å². The highest BCUT2D eigenvalue weighted by molar-refractivity contribution is 6.33. The SMILES string of the molecule is CCCCCCCCCC(=O)O[C@@H]1CC[C@@H](c2ccc(Cl)c(-c3ccc(OCC)cc3)c2)O[C@@H]1COC(=O)COC(=O)COC(C)=O. The Hall–Kier alpha value is -3.63. The van der Waals surface area contributed by atoms with Crippen molar-refractivity contribution in [3.8, 4) is 16.9 Å². The van der Waals surface area contributed by atoms with Gasteiger partial charge in [0, 0.05) is 23.9 Å². The predicted molar refractivity (Wildman–Crippen MR) is 176 cm³/mol. The zero-order chi connectivity index (χ0) is 34.0. The highest BCUT2D eigenvalue weighted by Gasteiger charge is 2.36. The fraction of sp³-hybridized carbons (Fsp3) is 0.556. The molecular weight excluding hydrogens is 628 g/mol. The molecule has 0 aliphatic carbocycles. The van der Waals surface area contributed by atoms with Crippen molar-refractivity contribution in [2.75, 3.05) is 26.4 Å². The Morgan fingerprint density at radius 3 is 2.19 bits per heavy atom. The van der Waals surface area contributed by atoms with Crippen LogP contribution in [-0.4, -0.2) is 62.5 Å². The maximum atomic E-state index is 12.8. The molecule has 0 N–H and O–H groups in total. The smallest absolute Gasteiger partial charge is 0.344 e. The van der Waals surface area contributed by atoms with Crippen molar-refractivity contribution in [3.63, 3.8) is 0 Å². The van der Waals surface area contributed by atoms with E-state index in [4.69, 9.17) is 35.3 Å². The molecular formula is C36H47ClO10. The second-order valence-electron chi connectivity index (χ2n) is 11.5. The standard InChI is InChI=1S/C36H47ClO10/c1-4-6-7-8-9-10-11-12-34(39)47-32-20-19-31(46-33(32)22-44-36(41)24-45-35(40)23-43-25(3)38)27-15-18-30(37)29(21-27)26-13-16-28(17-14-26)42-5-2/h13-18,21,31-33H,4-12,19-20,22-24H2,1-3H3/t31-,32+,33+/m0/s1. The van der Waals surface area contributed by atoms with Gasteiger partial charge in [-0.3, -0.25) is 9.59 Å². The number of carbonyl (C=O) groups excluding carboxylic acids is 4. The third-order valence-electron chi connectivity index (χ3n) is 7.73. The minimum atomic E-state index is -0.880. The van der Waals surface area contributed by atoms with Gasteiger partial charge in [0.05, 0.1) is 12.7 Å². The molecule has 0 saturated carbocycles. The topological polar surface area (TPSA) is 124 Å². The van der Waals surface area contributed by atoms with Crippen LogP contribution >= 0.6 is 11.6 Å². The number of carbonyl (C=O) groups is 4. The lowest BCUT2D eigenvalue weighted by Gasteiger charge is -2.36. The van der Waals surface area contributed by atoms with Gasteiger partial charge in [-0.15, -0.1) is 0 Å². The Kier molecular flexibility index (Phi) is 16.6. The number of halogens is 1. The summed E-state index contributed by atoms with van der Waals surface area (Å²) in [6, 6.07) is 13.4. The first kappa shape index (κ1) is 37.8. The molecule has 258 valence electrons. The van der Waals surface area contributed by atoms with Crippen molar-refractivity contribution in [3.05, 3.63) is 53.1 Å². The normalized spacial score (nSPS) is 17.4. The van der Waals surface area contributed by atoms with E-state index in [1.54, 1.807) is 0 Å². The first-order valence-corrected chi connectivity index (χ1v) is 16.9. The number of esters is 4. The van der Waals surface area contributed by atoms with Crippen LogP contribution in [0.4, 0.5) is 0 Å². The second kappa shape index (κ2) is 20.6. The summed E-state index contributed by atoms with van der Waals surface area (Å²) < 4.78 is 32.5. The molecule has 1 aliphatic rings. The Morgan fingerprint density at radius 1 is 0.809 bits per heavy atom. The highest BCUT2D eigenvalue weighted by Crippen LogP contribution is 2.37. The van der Waals surface area contributed by atoms with Gasteiger partial charge in [-0.25, -0.2) is 9.59 Å². The maximum absolute atomic E-state index is 12.8. The van der Waals surface area contributed by atoms with Crippen LogP contribution in [0.2, 0.25) is 5.02 Å². The van der Waals surface area contributed by atoms with Crippen LogP contribution in [0.25, 0.3) is 11.1 Å². The third kappa shape index (κ3) is 13.6. The van der Waals surface area contributed by atoms with E-state index in [9.17, 15) is 19.2 Å². The Balaban J connectivity index is 1.64. The van der Waals surface area contributed by atoms with Crippen molar-refractivity contribution < 1.29 is 47.6 Å². The molecule has 1 fully saturated rings. The zero-order valence-corrected chi connectivity index (χ0v) is 28.4. The number of rotatable bonds is 19. The van der Waals surface area contributed by atoms with Crippen LogP contribution in [0.5, 0.6) is 5.75 Å². The Bertz CT molecular complexity index is 1300. The molecule has 0 bridgehead atoms. The van der Waals surface area contributed by atoms with E-state index in [0.717, 1.165) is 55.0 Å². The molecule has 1 saturated heterocycles. The van der Waals surface area contributed by atoms with Gasteiger partial charge in [0.2, 0.25) is 0 Å². The largest absolute Gasteiger partial charge is 0.494 e. The molecule has 3 rings (SSSR count). The fourth-order valence-electron chi connectivity index (χ4n) is 5.27. The first-order chi connectivity index (χ1) is 22.7. The monoisotopic (exact) mass is 674 g/mol. The summed E-state index contributed by atoms with van der Waals surface area (Å²) in [5.41, 5.74) is 2.63. The van der Waals surface area contributed by atoms with Crippen LogP contribution < -0.4 is 4.74 Å². The number of unbranched alkanes of at least 4 members (excludes halogenated alkanes) is 6. The van der Waals surface area contributed by atoms with Crippen molar-refractivity contribution in [2.24, 2.45) is 0 Å². The average Bonchev–Trinajstić information content (AvgIpc) is 3.06. The van der Waals surface area contributed by atoms with Crippen LogP contribution in [0.15, 0.2) is 42.5 Å². The lowest BCUT2D eigenvalue weighted by molar-refractivity contribution is -0.186. The van der Waals surface area contributed by atoms with E-state index in [1.807, 2.05) is 49.4 Å². The van der Waals surface area contributed by atoms with Crippen molar-refractivity contribution >= 4 is 35.5 Å². The molecule has 10 nitrogen and oxygen atoms in total. The number of ether oxygens (including phenoxy) is 6. The van der Waals surface area contributed by atoms with Gasteiger partial charge in [-0.2, -0.15) is 0 Å². The van der Waals surface area contributed by atoms with Gasteiger partial charge in [0.25, 0.3) is 0 Å². The summed E-state index contributed by atoms with van der Waals surface area (Å²) in [5, 5.41) is 0.583. The number of hydrogen-bond donors (Lipinski definition) is 0. The minimum absolute atomic E-state index is 0.217. The highest BCUT2D eigenvalue weighted by atomic mass is 35.5. The fourth-order valence-corrected chi connectivity index (χ4v) is 5.50. The molecule has 2 aromatic rings. The van der Waals surface area contributed by atoms with E-state index < -0.39 is 43.3 Å². The molecule has 0 amide bonds. The molecule has 47 heavy (non-hydrogen) atoms. The van der Waals surface area contributed by atoms with Crippen LogP contribution in [0.3, 0.4) is 0 Å². The lowest BCUT2D eigenvalue weighted by Crippen LogP contribution is -2.42. The molecule has 11 heteroatoms. The van der Waals surface area contributed by atoms with E-state index in [1.165, 1.54) is 19.3 Å². The van der Waals surface area contributed by atoms with Gasteiger partial charge in [-0.05, 0) is 61.6 Å². The summed E-state index contributed by atoms with van der Waals surface area (Å²) in [4.78, 5) is 47.7. The summed E-state index contributed by atoms with van der Waals surface area (Å²) >= 11 is 6.59. The third-order valence-corrected chi connectivity index (χ3v) is 8.06. The van der Waals surface area contributed by atoms with Crippen LogP contribution in [-0.2, 0) is 42.9 Å². The molecule has 1 aliphatic heterocycles. The zero-order valence-electron chi connectivity index (χ0n) is 27.6. The van der Waals surface area contributed by atoms with E-state index in [-0.39, 0.29) is 18.7 Å². The van der Waals surface area contributed by atoms with Crippen LogP contribution in [0, 0.1) is 0 Å². The van der Waals surface area contributed by atoms with E-state index in [0.29, 0.717) is 30.9 Å². The van der Waals surface area contributed by atoms with Gasteiger partial charge in [0.15, 0.2) is 13.2 Å². The van der Waals surface area contributed by atoms with Crippen LogP contribution in [0.1, 0.15) is 96.6 Å². The quantitative estimate of drug-likeness (QED) is 0.0850. The van der Waals surface area contributed by atoms with E-state index >= 15 is 0 Å². The Morgan fingerprint density at radius 2 is 1.49 bits per heavy atom. The lowest BCUT2D eigenvalue weighted by atomic mass is 9.94. The summed E-state index contributed by atoms with van der Waals surface area (Å²) in [5.74, 6) is -1.89. The molecule has 0 unspecified atom stereocenters. The van der Waals surface area contributed by atoms with Crippen molar-refractivity contribution in [1.29, 1.82) is 0 Å². The number of hydrogen-bond acceptors (Lipinski definition) is 10. The maximum Gasteiger partial charge on any atom is 0.344 e. The summed E-state index contributed by atoms with van der Waals surface area (Å²) in [6.45, 7) is 4.35. The molecule has 1 heterocycles. The van der Waals surface area contributed by atoms with Gasteiger partial charge >= 0.3 is 23.9 Å². The second-order valence-corrected chi connectivity index (χ2v) is 11.9. The predicted octanol–water partition coefficient (Wildman–Crippen LogP) is 7.33.